The van der Waals surface area contributed by atoms with E-state index in [1.807, 2.05) is 38.3 Å². The van der Waals surface area contributed by atoms with E-state index in [4.69, 9.17) is 0 Å². The van der Waals surface area contributed by atoms with Crippen molar-refractivity contribution in [2.24, 2.45) is 22.2 Å². The van der Waals surface area contributed by atoms with Crippen molar-refractivity contribution >= 4 is 22.9 Å². The first kappa shape index (κ1) is 20.0. The molecule has 0 aliphatic heterocycles. The Morgan fingerprint density at radius 2 is 1.87 bits per heavy atom. The van der Waals surface area contributed by atoms with Crippen LogP contribution in [0.25, 0.3) is 0 Å². The molecule has 0 radical (unpaired) electrons. The predicted octanol–water partition coefficient (Wildman–Crippen LogP) is 3.92. The number of carbonyl (C=O) groups excluding carboxylic acids is 2. The minimum Gasteiger partial charge on any atom is -0.293 e. The van der Waals surface area contributed by atoms with E-state index in [9.17, 15) is 20.1 Å². The van der Waals surface area contributed by atoms with Gasteiger partial charge in [-0.15, -0.1) is 11.3 Å². The molecule has 1 heterocycles. The zero-order chi connectivity index (χ0) is 21.7. The van der Waals surface area contributed by atoms with Crippen LogP contribution < -0.4 is 0 Å². The first-order valence-electron chi connectivity index (χ1n) is 9.68. The Labute approximate surface area is 179 Å². The normalized spacial score (nSPS) is 31.5. The summed E-state index contributed by atoms with van der Waals surface area (Å²) in [5.74, 6) is 5.81. The van der Waals surface area contributed by atoms with Gasteiger partial charge in [-0.05, 0) is 42.4 Å². The van der Waals surface area contributed by atoms with Crippen LogP contribution >= 0.6 is 11.3 Å². The van der Waals surface area contributed by atoms with Crippen LogP contribution in [0.3, 0.4) is 0 Å². The summed E-state index contributed by atoms with van der Waals surface area (Å²) in [7, 11) is 0. The van der Waals surface area contributed by atoms with Crippen LogP contribution in [-0.2, 0) is 9.59 Å². The van der Waals surface area contributed by atoms with Crippen molar-refractivity contribution in [1.82, 2.24) is 4.98 Å². The average Bonchev–Trinajstić information content (AvgIpc) is 3.23. The van der Waals surface area contributed by atoms with Gasteiger partial charge in [-0.1, -0.05) is 32.8 Å². The first-order valence-corrected chi connectivity index (χ1v) is 10.6. The van der Waals surface area contributed by atoms with Crippen molar-refractivity contribution in [3.8, 4) is 24.0 Å². The highest BCUT2D eigenvalue weighted by molar-refractivity contribution is 7.10. The summed E-state index contributed by atoms with van der Waals surface area (Å²) in [6.45, 7) is 5.73. The summed E-state index contributed by atoms with van der Waals surface area (Å²) >= 11 is 1.42. The number of nitrogens with zero attached hydrogens (tertiary/aromatic N) is 3. The Kier molecular flexibility index (Phi) is 4.42. The van der Waals surface area contributed by atoms with E-state index < -0.39 is 16.2 Å². The zero-order valence-corrected chi connectivity index (χ0v) is 17.8. The summed E-state index contributed by atoms with van der Waals surface area (Å²) in [5.41, 5.74) is -1.31. The lowest BCUT2D eigenvalue weighted by Gasteiger charge is -2.56. The molecular weight excluding hydrogens is 394 g/mol. The lowest BCUT2D eigenvalue weighted by Crippen LogP contribution is -2.53. The number of nitriles is 2. The van der Waals surface area contributed by atoms with Gasteiger partial charge in [0.1, 0.15) is 12.1 Å². The summed E-state index contributed by atoms with van der Waals surface area (Å²) in [5, 5.41) is 21.6. The van der Waals surface area contributed by atoms with E-state index in [1.54, 1.807) is 18.3 Å². The van der Waals surface area contributed by atoms with E-state index in [0.717, 1.165) is 5.57 Å². The van der Waals surface area contributed by atoms with E-state index >= 15 is 0 Å². The number of rotatable bonds is 0. The summed E-state index contributed by atoms with van der Waals surface area (Å²) in [4.78, 5) is 29.8. The van der Waals surface area contributed by atoms with Crippen LogP contribution in [0.5, 0.6) is 0 Å². The quantitative estimate of drug-likeness (QED) is 0.601. The summed E-state index contributed by atoms with van der Waals surface area (Å²) in [6.07, 6.45) is 7.85. The molecule has 6 heteroatoms. The van der Waals surface area contributed by atoms with Crippen LogP contribution in [0.15, 0.2) is 46.5 Å². The zero-order valence-electron chi connectivity index (χ0n) is 16.9. The third kappa shape index (κ3) is 2.71. The van der Waals surface area contributed by atoms with Gasteiger partial charge in [-0.25, -0.2) is 4.98 Å². The predicted molar refractivity (Wildman–Crippen MR) is 112 cm³/mol. The van der Waals surface area contributed by atoms with Crippen molar-refractivity contribution < 1.29 is 9.59 Å². The minimum atomic E-state index is -0.816. The summed E-state index contributed by atoms with van der Waals surface area (Å²) in [6, 6.07) is 4.05. The van der Waals surface area contributed by atoms with Crippen LogP contribution in [0.2, 0.25) is 0 Å². The molecule has 1 aromatic heterocycles. The highest BCUT2D eigenvalue weighted by Gasteiger charge is 2.59. The number of thiazole rings is 1. The molecule has 148 valence electrons. The number of Topliss-reactive ketones (excluding diaryl/α,β-unsaturated/α-hetero) is 1. The van der Waals surface area contributed by atoms with Crippen LogP contribution in [-0.4, -0.2) is 16.6 Å². The molecule has 0 aromatic carbocycles. The van der Waals surface area contributed by atoms with E-state index in [1.165, 1.54) is 17.4 Å². The number of carbonyl (C=O) groups is 2. The smallest absolute Gasteiger partial charge is 0.196 e. The number of aromatic nitrogens is 1. The molecule has 1 saturated carbocycles. The maximum atomic E-state index is 12.9. The molecule has 4 rings (SSSR count). The number of ketones is 2. The van der Waals surface area contributed by atoms with Crippen molar-refractivity contribution in [2.75, 3.05) is 0 Å². The van der Waals surface area contributed by atoms with Gasteiger partial charge in [0.2, 0.25) is 0 Å². The van der Waals surface area contributed by atoms with Gasteiger partial charge in [-0.2, -0.15) is 10.5 Å². The van der Waals surface area contributed by atoms with Crippen molar-refractivity contribution in [2.45, 2.75) is 33.6 Å². The molecule has 0 amide bonds. The van der Waals surface area contributed by atoms with Gasteiger partial charge in [0, 0.05) is 22.4 Å². The third-order valence-electron chi connectivity index (χ3n) is 6.75. The molecule has 1 fully saturated rings. The third-order valence-corrected chi connectivity index (χ3v) is 7.44. The molecular formula is C24H19N3O2S. The highest BCUT2D eigenvalue weighted by atomic mass is 32.1. The minimum absolute atomic E-state index is 0.0740. The monoisotopic (exact) mass is 413 g/mol. The lowest BCUT2D eigenvalue weighted by atomic mass is 9.45. The van der Waals surface area contributed by atoms with Gasteiger partial charge in [0.25, 0.3) is 0 Å². The maximum absolute atomic E-state index is 12.9. The fraction of sp³-hybridized carbons (Fsp3) is 0.375. The lowest BCUT2D eigenvalue weighted by molar-refractivity contribution is -0.130. The summed E-state index contributed by atoms with van der Waals surface area (Å²) < 4.78 is 0. The Bertz CT molecular complexity index is 1210. The van der Waals surface area contributed by atoms with Gasteiger partial charge in [0.05, 0.1) is 16.6 Å². The van der Waals surface area contributed by atoms with Crippen molar-refractivity contribution in [1.29, 1.82) is 10.5 Å². The largest absolute Gasteiger partial charge is 0.293 e. The molecule has 0 N–H and O–H groups in total. The average molecular weight is 414 g/mol. The Morgan fingerprint density at radius 3 is 2.50 bits per heavy atom. The van der Waals surface area contributed by atoms with E-state index in [0.29, 0.717) is 17.8 Å². The molecule has 3 atom stereocenters. The molecule has 30 heavy (non-hydrogen) atoms. The molecule has 3 aliphatic rings. The maximum Gasteiger partial charge on any atom is 0.196 e. The number of hydrogen-bond donors (Lipinski definition) is 0. The molecule has 0 unspecified atom stereocenters. The van der Waals surface area contributed by atoms with Crippen LogP contribution in [0.4, 0.5) is 0 Å². The Morgan fingerprint density at radius 1 is 1.13 bits per heavy atom. The number of allylic oxidation sites excluding steroid dienone is 6. The van der Waals surface area contributed by atoms with Crippen molar-refractivity contribution in [3.05, 3.63) is 51.5 Å². The second-order valence-corrected chi connectivity index (χ2v) is 9.64. The topological polar surface area (TPSA) is 94.6 Å². The van der Waals surface area contributed by atoms with Crippen LogP contribution in [0, 0.1) is 56.7 Å². The number of hydrogen-bond acceptors (Lipinski definition) is 6. The van der Waals surface area contributed by atoms with Gasteiger partial charge in [-0.3, -0.25) is 9.59 Å². The van der Waals surface area contributed by atoms with Gasteiger partial charge < -0.3 is 0 Å². The molecule has 3 aliphatic carbocycles. The second-order valence-electron chi connectivity index (χ2n) is 8.75. The molecule has 1 aromatic rings. The van der Waals surface area contributed by atoms with Crippen molar-refractivity contribution in [3.63, 3.8) is 0 Å². The molecule has 5 nitrogen and oxygen atoms in total. The fourth-order valence-electron chi connectivity index (χ4n) is 5.38. The standard InChI is InChI=1S/C24H19N3O2S/c1-22(2)18-4-6-24(7-5-20-27-8-9-30-20)12-15(13-25)17(28)10-19(24)23(18,3)11-16(14-26)21(22)29/h8-12,18H,4,6H2,1-3H3/t18-,23-,24+/m0/s1. The SMILES string of the molecule is CC1(C)C(=O)C(C#N)=C[C@]2(C)C3=CC(=O)C(C#N)=C[C@]3(C#Cc3nccs3)CC[C@@H]12. The van der Waals surface area contributed by atoms with Gasteiger partial charge in [0.15, 0.2) is 16.6 Å². The number of fused-ring (bicyclic) bond motifs is 3. The highest BCUT2D eigenvalue weighted by Crippen LogP contribution is 2.63. The van der Waals surface area contributed by atoms with E-state index in [2.05, 4.69) is 16.8 Å². The molecule has 0 bridgehead atoms. The van der Waals surface area contributed by atoms with E-state index in [-0.39, 0.29) is 28.6 Å². The van der Waals surface area contributed by atoms with Gasteiger partial charge >= 0.3 is 0 Å². The Hall–Kier alpha value is -3.27. The molecule has 0 spiro atoms. The fourth-order valence-corrected chi connectivity index (χ4v) is 5.86. The first-order chi connectivity index (χ1) is 14.2. The Balaban J connectivity index is 1.97. The van der Waals surface area contributed by atoms with Crippen LogP contribution in [0.1, 0.15) is 38.6 Å². The molecule has 0 saturated heterocycles. The second kappa shape index (κ2) is 6.63.